The maximum Gasteiger partial charge on any atom is 2.00 e. The molecule has 0 atom stereocenters. The molecule has 0 aliphatic carbocycles. The standard InChI is InChI=1S/3CN.K.Ni/c3*1-2;;/q3*-1;+1;+2. The van der Waals surface area contributed by atoms with Crippen LogP contribution in [0.25, 0.3) is 0 Å². The van der Waals surface area contributed by atoms with Crippen LogP contribution in [0.1, 0.15) is 0 Å². The maximum atomic E-state index is 6.25. The third-order valence-corrected chi connectivity index (χ3v) is 0. The van der Waals surface area contributed by atoms with E-state index in [1.54, 1.807) is 0 Å². The Morgan fingerprint density at radius 3 is 0.625 bits per heavy atom. The molecule has 0 heterocycles. The summed E-state index contributed by atoms with van der Waals surface area (Å²) in [4.78, 5) is 0. The summed E-state index contributed by atoms with van der Waals surface area (Å²) < 4.78 is 0. The Labute approximate surface area is 102 Å². The second-order valence-electron chi connectivity index (χ2n) is 0. The van der Waals surface area contributed by atoms with E-state index in [0.29, 0.717) is 0 Å². The fourth-order valence-electron chi connectivity index (χ4n) is 0. The Kier molecular flexibility index (Phi) is 4410. The molecule has 8 heavy (non-hydrogen) atoms. The second kappa shape index (κ2) is 920. The van der Waals surface area contributed by atoms with Gasteiger partial charge in [0, 0.05) is 0 Å². The van der Waals surface area contributed by atoms with E-state index < -0.39 is 0 Å². The monoisotopic (exact) mass is 175 g/mol. The average Bonchev–Trinajstić information content (AvgIpc) is 1.81. The van der Waals surface area contributed by atoms with Gasteiger partial charge in [-0.1, -0.05) is 0 Å². The summed E-state index contributed by atoms with van der Waals surface area (Å²) in [6, 6.07) is 0. The van der Waals surface area contributed by atoms with E-state index >= 15 is 0 Å². The van der Waals surface area contributed by atoms with Gasteiger partial charge in [0.15, 0.2) is 0 Å². The van der Waals surface area contributed by atoms with E-state index in [0.717, 1.165) is 0 Å². The molecule has 0 bridgehead atoms. The van der Waals surface area contributed by atoms with Crippen molar-refractivity contribution in [3.63, 3.8) is 0 Å². The van der Waals surface area contributed by atoms with Crippen molar-refractivity contribution >= 4 is 0 Å². The van der Waals surface area contributed by atoms with Crippen LogP contribution in [0.2, 0.25) is 0 Å². The molecule has 0 unspecified atom stereocenters. The predicted octanol–water partition coefficient (Wildman–Crippen LogP) is -2.71. The van der Waals surface area contributed by atoms with Crippen LogP contribution in [-0.2, 0) is 16.5 Å². The van der Waals surface area contributed by atoms with Gasteiger partial charge in [-0.25, -0.2) is 0 Å². The van der Waals surface area contributed by atoms with Crippen molar-refractivity contribution in [3.05, 3.63) is 19.7 Å². The van der Waals surface area contributed by atoms with Crippen LogP contribution in [0.5, 0.6) is 0 Å². The first-order valence-electron chi connectivity index (χ1n) is 0.671. The average molecular weight is 176 g/mol. The molecule has 0 saturated heterocycles. The molecule has 0 aliphatic rings. The molecule has 0 aromatic carbocycles. The van der Waals surface area contributed by atoms with Crippen molar-refractivity contribution in [2.45, 2.75) is 0 Å². The molecular weight excluding hydrogens is 176 g/mol. The van der Waals surface area contributed by atoms with Crippen LogP contribution >= 0.6 is 0 Å². The SMILES string of the molecule is [C-]#N.[C-]#N.[C-]#N.[K+].[Ni+2]. The van der Waals surface area contributed by atoms with E-state index in [-0.39, 0.29) is 67.9 Å². The van der Waals surface area contributed by atoms with E-state index in [4.69, 9.17) is 35.5 Å². The minimum absolute atomic E-state index is 0. The number of nitrogens with zero attached hydrogens (tertiary/aromatic N) is 3. The van der Waals surface area contributed by atoms with Crippen LogP contribution in [0.3, 0.4) is 0 Å². The first kappa shape index (κ1) is 38.3. The van der Waals surface area contributed by atoms with Crippen LogP contribution < -0.4 is 51.4 Å². The topological polar surface area (TPSA) is 71.4 Å². The third-order valence-electron chi connectivity index (χ3n) is 0. The van der Waals surface area contributed by atoms with Crippen molar-refractivity contribution in [1.82, 2.24) is 0 Å². The minimum atomic E-state index is 0. The molecule has 0 aromatic rings. The molecule has 0 N–H and O–H groups in total. The Hall–Kier alpha value is 0.600. The molecule has 0 rings (SSSR count). The Morgan fingerprint density at radius 1 is 0.625 bits per heavy atom. The predicted molar refractivity (Wildman–Crippen MR) is 14.9 cm³/mol. The second-order valence-corrected chi connectivity index (χ2v) is 0. The number of hydrogen-bond donors (Lipinski definition) is 0. The maximum absolute atomic E-state index is 6.25. The van der Waals surface area contributed by atoms with Crippen molar-refractivity contribution in [2.24, 2.45) is 0 Å². The van der Waals surface area contributed by atoms with Gasteiger partial charge in [0.05, 0.1) is 0 Å². The van der Waals surface area contributed by atoms with E-state index in [9.17, 15) is 0 Å². The van der Waals surface area contributed by atoms with Gasteiger partial charge >= 0.3 is 67.9 Å². The summed E-state index contributed by atoms with van der Waals surface area (Å²) in [6.07, 6.45) is 0. The Bertz CT molecular complexity index is 43.0. The fourth-order valence-corrected chi connectivity index (χ4v) is 0. The smallest absolute Gasteiger partial charge is 0.512 e. The van der Waals surface area contributed by atoms with Crippen LogP contribution in [0.15, 0.2) is 0 Å². The van der Waals surface area contributed by atoms with E-state index in [1.165, 1.54) is 0 Å². The first-order chi connectivity index (χ1) is 3.00. The van der Waals surface area contributed by atoms with Crippen LogP contribution in [0.4, 0.5) is 0 Å². The molecule has 0 spiro atoms. The van der Waals surface area contributed by atoms with E-state index in [2.05, 4.69) is 0 Å². The molecule has 0 saturated carbocycles. The van der Waals surface area contributed by atoms with Crippen molar-refractivity contribution in [3.8, 4) is 0 Å². The molecule has 0 aromatic heterocycles. The molecule has 38 valence electrons. The normalized spacial score (nSPS) is 0.750. The van der Waals surface area contributed by atoms with Crippen molar-refractivity contribution < 1.29 is 67.9 Å². The summed E-state index contributed by atoms with van der Waals surface area (Å²) in [5, 5.41) is 18.8. The van der Waals surface area contributed by atoms with Crippen LogP contribution in [-0.4, -0.2) is 0 Å². The molecule has 0 radical (unpaired) electrons. The minimum Gasteiger partial charge on any atom is -0.512 e. The van der Waals surface area contributed by atoms with Gasteiger partial charge < -0.3 is 35.5 Å². The quantitative estimate of drug-likeness (QED) is 0.297. The fraction of sp³-hybridized carbons (Fsp3) is 0. The van der Waals surface area contributed by atoms with E-state index in [1.807, 2.05) is 0 Å². The summed E-state index contributed by atoms with van der Waals surface area (Å²) in [6.45, 7) is 14.2. The van der Waals surface area contributed by atoms with Gasteiger partial charge in [0.25, 0.3) is 0 Å². The molecular formula is C3KN3Ni. The summed E-state index contributed by atoms with van der Waals surface area (Å²) in [5.74, 6) is 0. The first-order valence-corrected chi connectivity index (χ1v) is 0.671. The van der Waals surface area contributed by atoms with Crippen molar-refractivity contribution in [1.29, 1.82) is 15.8 Å². The molecule has 0 fully saturated rings. The van der Waals surface area contributed by atoms with Gasteiger partial charge in [0.2, 0.25) is 0 Å². The molecule has 5 heteroatoms. The zero-order valence-corrected chi connectivity index (χ0v) is 8.27. The van der Waals surface area contributed by atoms with Crippen molar-refractivity contribution in [2.75, 3.05) is 0 Å². The Morgan fingerprint density at radius 2 is 0.625 bits per heavy atom. The Balaban J connectivity index is -0.00000000500. The van der Waals surface area contributed by atoms with Gasteiger partial charge in [0.1, 0.15) is 0 Å². The molecule has 0 amide bonds. The third kappa shape index (κ3) is 575. The summed E-state index contributed by atoms with van der Waals surface area (Å²) in [5.41, 5.74) is 0. The molecule has 0 aliphatic heterocycles. The number of rotatable bonds is 0. The van der Waals surface area contributed by atoms with Crippen LogP contribution in [0, 0.1) is 35.5 Å². The van der Waals surface area contributed by atoms with Gasteiger partial charge in [-0.3, -0.25) is 0 Å². The zero-order valence-electron chi connectivity index (χ0n) is 4.16. The zero-order chi connectivity index (χ0) is 6.00. The summed E-state index contributed by atoms with van der Waals surface area (Å²) >= 11 is 0. The molecule has 3 nitrogen and oxygen atoms in total. The number of hydrogen-bond acceptors (Lipinski definition) is 3. The van der Waals surface area contributed by atoms with Gasteiger partial charge in [-0.15, -0.1) is 0 Å². The largest absolute Gasteiger partial charge is 2.00 e. The summed E-state index contributed by atoms with van der Waals surface area (Å²) in [7, 11) is 0. The van der Waals surface area contributed by atoms with Gasteiger partial charge in [-0.05, 0) is 0 Å². The van der Waals surface area contributed by atoms with Gasteiger partial charge in [-0.2, -0.15) is 0 Å².